The van der Waals surface area contributed by atoms with Crippen molar-refractivity contribution in [3.05, 3.63) is 23.8 Å². The van der Waals surface area contributed by atoms with Gasteiger partial charge in [-0.05, 0) is 111 Å². The average Bonchev–Trinajstić information content (AvgIpc) is 3.13. The smallest absolute Gasteiger partial charge is 0.303 e. The first-order chi connectivity index (χ1) is 16.5. The highest BCUT2D eigenvalue weighted by Crippen LogP contribution is 2.67. The van der Waals surface area contributed by atoms with Crippen molar-refractivity contribution in [1.29, 1.82) is 0 Å². The van der Waals surface area contributed by atoms with Gasteiger partial charge < -0.3 is 9.47 Å². The molecule has 0 aromatic carbocycles. The highest BCUT2D eigenvalue weighted by molar-refractivity contribution is 5.66. The van der Waals surface area contributed by atoms with E-state index in [9.17, 15) is 9.59 Å². The van der Waals surface area contributed by atoms with Crippen molar-refractivity contribution in [2.75, 3.05) is 0 Å². The van der Waals surface area contributed by atoms with Crippen LogP contribution in [0.5, 0.6) is 0 Å². The van der Waals surface area contributed by atoms with Crippen molar-refractivity contribution >= 4 is 11.9 Å². The molecule has 4 rings (SSSR count). The van der Waals surface area contributed by atoms with E-state index in [0.29, 0.717) is 11.3 Å². The molecule has 0 aliphatic heterocycles. The van der Waals surface area contributed by atoms with Crippen molar-refractivity contribution in [1.82, 2.24) is 0 Å². The van der Waals surface area contributed by atoms with Crippen LogP contribution < -0.4 is 0 Å². The zero-order chi connectivity index (χ0) is 25.5. The molecule has 0 amide bonds. The summed E-state index contributed by atoms with van der Waals surface area (Å²) in [5.41, 5.74) is 3.21. The van der Waals surface area contributed by atoms with Crippen LogP contribution in [0.3, 0.4) is 0 Å². The Balaban J connectivity index is 1.44. The van der Waals surface area contributed by atoms with Crippen LogP contribution in [-0.2, 0) is 19.1 Å². The quantitative estimate of drug-likeness (QED) is 0.279. The molecule has 0 radical (unpaired) electrons. The van der Waals surface area contributed by atoms with Crippen LogP contribution in [0.4, 0.5) is 0 Å². The van der Waals surface area contributed by atoms with Crippen molar-refractivity contribution in [3.8, 4) is 0 Å². The van der Waals surface area contributed by atoms with Gasteiger partial charge in [-0.2, -0.15) is 0 Å². The van der Waals surface area contributed by atoms with Gasteiger partial charge in [0.2, 0.25) is 0 Å². The van der Waals surface area contributed by atoms with Crippen molar-refractivity contribution in [3.63, 3.8) is 0 Å². The van der Waals surface area contributed by atoms with Gasteiger partial charge in [0, 0.05) is 20.3 Å². The Morgan fingerprint density at radius 3 is 2.43 bits per heavy atom. The normalized spacial score (nSPS) is 39.8. The molecule has 4 heteroatoms. The zero-order valence-corrected chi connectivity index (χ0v) is 23.0. The molecule has 0 heterocycles. The van der Waals surface area contributed by atoms with Crippen LogP contribution >= 0.6 is 0 Å². The van der Waals surface area contributed by atoms with E-state index >= 15 is 0 Å². The van der Waals surface area contributed by atoms with Gasteiger partial charge in [-0.25, -0.2) is 0 Å². The minimum Gasteiger partial charge on any atom is -0.462 e. The number of allylic oxidation sites excluding steroid dienone is 1. The summed E-state index contributed by atoms with van der Waals surface area (Å²) in [5.74, 6) is 3.38. The molecular formula is C31H48O4. The fourth-order valence-corrected chi connectivity index (χ4v) is 9.16. The second-order valence-electron chi connectivity index (χ2n) is 13.0. The van der Waals surface area contributed by atoms with Crippen LogP contribution in [0.25, 0.3) is 0 Å². The lowest BCUT2D eigenvalue weighted by Crippen LogP contribution is -2.51. The molecule has 0 saturated heterocycles. The average molecular weight is 485 g/mol. The van der Waals surface area contributed by atoms with E-state index in [2.05, 4.69) is 33.4 Å². The highest BCUT2D eigenvalue weighted by Gasteiger charge is 2.59. The molecule has 0 bridgehead atoms. The lowest BCUT2D eigenvalue weighted by molar-refractivity contribution is -0.148. The van der Waals surface area contributed by atoms with E-state index in [1.807, 2.05) is 6.92 Å². The minimum atomic E-state index is -0.211. The van der Waals surface area contributed by atoms with Crippen LogP contribution in [0.2, 0.25) is 0 Å². The van der Waals surface area contributed by atoms with E-state index in [1.165, 1.54) is 46.0 Å². The SMILES string of the molecule is C=C(C)[C@H](CC[C@@H](C)[C@H]1CC[C@H]2[C@@H]3CC=C4C[C@@H](OC(C)=O)CC[C@]4(C)[C@H]3CC[C@]12C)OC(C)=O. The predicted molar refractivity (Wildman–Crippen MR) is 140 cm³/mol. The molecule has 9 atom stereocenters. The number of carbonyl (C=O) groups excluding carboxylic acids is 2. The third kappa shape index (κ3) is 5.01. The molecule has 0 spiro atoms. The van der Waals surface area contributed by atoms with Crippen LogP contribution in [0.15, 0.2) is 23.8 Å². The van der Waals surface area contributed by atoms with Crippen molar-refractivity contribution in [2.45, 2.75) is 118 Å². The Morgan fingerprint density at radius 1 is 1.03 bits per heavy atom. The van der Waals surface area contributed by atoms with E-state index in [1.54, 1.807) is 5.57 Å². The Kier molecular flexibility index (Phi) is 7.61. The number of esters is 2. The van der Waals surface area contributed by atoms with Crippen molar-refractivity contribution < 1.29 is 19.1 Å². The molecule has 196 valence electrons. The lowest BCUT2D eigenvalue weighted by atomic mass is 9.47. The molecule has 3 saturated carbocycles. The summed E-state index contributed by atoms with van der Waals surface area (Å²) in [6.07, 6.45) is 14.1. The zero-order valence-electron chi connectivity index (χ0n) is 23.0. The van der Waals surface area contributed by atoms with Gasteiger partial charge in [-0.1, -0.05) is 39.0 Å². The number of rotatable bonds is 7. The summed E-state index contributed by atoms with van der Waals surface area (Å²) in [6, 6.07) is 0. The van der Waals surface area contributed by atoms with Crippen molar-refractivity contribution in [2.24, 2.45) is 40.4 Å². The topological polar surface area (TPSA) is 52.6 Å². The first-order valence-electron chi connectivity index (χ1n) is 14.1. The molecule has 0 N–H and O–H groups in total. The Labute approximate surface area is 213 Å². The number of hydrogen-bond acceptors (Lipinski definition) is 4. The summed E-state index contributed by atoms with van der Waals surface area (Å²) < 4.78 is 11.2. The summed E-state index contributed by atoms with van der Waals surface area (Å²) in [7, 11) is 0. The maximum Gasteiger partial charge on any atom is 0.303 e. The third-order valence-electron chi connectivity index (χ3n) is 10.9. The number of fused-ring (bicyclic) bond motifs is 5. The molecule has 4 aliphatic carbocycles. The number of ether oxygens (including phenoxy) is 2. The third-order valence-corrected chi connectivity index (χ3v) is 10.9. The van der Waals surface area contributed by atoms with Gasteiger partial charge in [-0.15, -0.1) is 0 Å². The standard InChI is InChI=1S/C31H48O4/c1-19(2)29(35-22(5)33)13-8-20(3)26-11-12-27-25-10-9-23-18-24(34-21(4)32)14-16-30(23,6)28(25)15-17-31(26,27)7/h9,20,24-29H,1,8,10-18H2,2-7H3/t20-,24+,25+,26-,27+,28+,29+,30+,31-/m1/s1. The fraction of sp³-hybridized carbons (Fsp3) is 0.806. The molecule has 4 aliphatic rings. The van der Waals surface area contributed by atoms with E-state index in [4.69, 9.17) is 9.47 Å². The Morgan fingerprint density at radius 2 is 1.77 bits per heavy atom. The summed E-state index contributed by atoms with van der Waals surface area (Å²) in [6.45, 7) is 16.6. The van der Waals surface area contributed by atoms with Crippen LogP contribution in [0, 0.1) is 40.4 Å². The molecule has 3 fully saturated rings. The number of hydrogen-bond donors (Lipinski definition) is 0. The summed E-state index contributed by atoms with van der Waals surface area (Å²) >= 11 is 0. The van der Waals surface area contributed by atoms with E-state index in [-0.39, 0.29) is 29.6 Å². The maximum absolute atomic E-state index is 11.5. The van der Waals surface area contributed by atoms with E-state index < -0.39 is 0 Å². The van der Waals surface area contributed by atoms with Gasteiger partial charge in [0.1, 0.15) is 12.2 Å². The summed E-state index contributed by atoms with van der Waals surface area (Å²) in [4.78, 5) is 23.1. The van der Waals surface area contributed by atoms with Gasteiger partial charge >= 0.3 is 11.9 Å². The van der Waals surface area contributed by atoms with Gasteiger partial charge in [-0.3, -0.25) is 9.59 Å². The highest BCUT2D eigenvalue weighted by atomic mass is 16.5. The Hall–Kier alpha value is -1.58. The molecule has 0 aromatic rings. The lowest BCUT2D eigenvalue weighted by Gasteiger charge is -2.58. The van der Waals surface area contributed by atoms with Gasteiger partial charge in [0.15, 0.2) is 0 Å². The summed E-state index contributed by atoms with van der Waals surface area (Å²) in [5, 5.41) is 0. The van der Waals surface area contributed by atoms with E-state index in [0.717, 1.165) is 61.3 Å². The Bertz CT molecular complexity index is 873. The number of carbonyl (C=O) groups is 2. The minimum absolute atomic E-state index is 0.0731. The maximum atomic E-state index is 11.5. The van der Waals surface area contributed by atoms with Gasteiger partial charge in [0.05, 0.1) is 0 Å². The monoisotopic (exact) mass is 484 g/mol. The molecule has 0 unspecified atom stereocenters. The second-order valence-corrected chi connectivity index (χ2v) is 13.0. The van der Waals surface area contributed by atoms with Crippen LogP contribution in [0.1, 0.15) is 106 Å². The predicted octanol–water partition coefficient (Wildman–Crippen LogP) is 7.42. The molecule has 4 nitrogen and oxygen atoms in total. The first-order valence-corrected chi connectivity index (χ1v) is 14.1. The van der Waals surface area contributed by atoms with Gasteiger partial charge in [0.25, 0.3) is 0 Å². The first kappa shape index (κ1) is 26.5. The largest absolute Gasteiger partial charge is 0.462 e. The molecular weight excluding hydrogens is 436 g/mol. The molecule has 0 aromatic heterocycles. The fourth-order valence-electron chi connectivity index (χ4n) is 9.16. The second kappa shape index (κ2) is 10.1. The van der Waals surface area contributed by atoms with Crippen LogP contribution in [-0.4, -0.2) is 24.1 Å². The molecule has 35 heavy (non-hydrogen) atoms.